The number of aryl methyl sites for hydroxylation is 1. The molecule has 0 bridgehead atoms. The second-order valence-corrected chi connectivity index (χ2v) is 8.83. The van der Waals surface area contributed by atoms with Gasteiger partial charge >= 0.3 is 0 Å². The zero-order chi connectivity index (χ0) is 22.6. The highest BCUT2D eigenvalue weighted by molar-refractivity contribution is 14.0. The molecule has 0 saturated carbocycles. The molecule has 1 aliphatic heterocycles. The van der Waals surface area contributed by atoms with Crippen molar-refractivity contribution in [2.24, 2.45) is 12.0 Å². The summed E-state index contributed by atoms with van der Waals surface area (Å²) >= 11 is 0. The number of nitrogens with zero attached hydrogens (tertiary/aromatic N) is 6. The number of nitrogens with one attached hydrogen (secondary N) is 2. The number of morpholine rings is 1. The molecule has 1 saturated heterocycles. The van der Waals surface area contributed by atoms with E-state index < -0.39 is 0 Å². The van der Waals surface area contributed by atoms with Gasteiger partial charge < -0.3 is 19.9 Å². The van der Waals surface area contributed by atoms with Crippen molar-refractivity contribution in [2.75, 3.05) is 52.5 Å². The van der Waals surface area contributed by atoms with Crippen LogP contribution in [0.2, 0.25) is 0 Å². The molecule has 1 aliphatic rings. The van der Waals surface area contributed by atoms with Crippen LogP contribution in [0.5, 0.6) is 0 Å². The summed E-state index contributed by atoms with van der Waals surface area (Å²) in [5, 5.41) is 15.4. The lowest BCUT2D eigenvalue weighted by Crippen LogP contribution is -2.42. The molecule has 0 atom stereocenters. The van der Waals surface area contributed by atoms with Crippen molar-refractivity contribution >= 4 is 29.9 Å². The quantitative estimate of drug-likeness (QED) is 0.174. The molecule has 1 aromatic rings. The van der Waals surface area contributed by atoms with E-state index in [0.29, 0.717) is 18.6 Å². The predicted octanol–water partition coefficient (Wildman–Crippen LogP) is 2.01. The lowest BCUT2D eigenvalue weighted by atomic mass is 10.2. The van der Waals surface area contributed by atoms with Crippen molar-refractivity contribution in [3.8, 4) is 0 Å². The first-order valence-electron chi connectivity index (χ1n) is 11.8. The summed E-state index contributed by atoms with van der Waals surface area (Å²) < 4.78 is 7.42. The zero-order valence-corrected chi connectivity index (χ0v) is 23.3. The van der Waals surface area contributed by atoms with Crippen molar-refractivity contribution in [1.82, 2.24) is 35.2 Å². The largest absolute Gasteiger partial charge is 0.379 e. The molecule has 2 N–H and O–H groups in total. The molecule has 10 heteroatoms. The Morgan fingerprint density at radius 1 is 1.06 bits per heavy atom. The van der Waals surface area contributed by atoms with Crippen LogP contribution in [0.25, 0.3) is 0 Å². The highest BCUT2D eigenvalue weighted by Crippen LogP contribution is 2.05. The fourth-order valence-electron chi connectivity index (χ4n) is 3.83. The lowest BCUT2D eigenvalue weighted by Gasteiger charge is -2.30. The zero-order valence-electron chi connectivity index (χ0n) is 20.9. The van der Waals surface area contributed by atoms with Gasteiger partial charge in [0.25, 0.3) is 0 Å². The van der Waals surface area contributed by atoms with E-state index in [4.69, 9.17) is 9.73 Å². The normalized spacial score (nSPS) is 15.5. The van der Waals surface area contributed by atoms with Crippen molar-refractivity contribution in [1.29, 1.82) is 0 Å². The Balaban J connectivity index is 0.00000512. The average Bonchev–Trinajstić information content (AvgIpc) is 3.06. The fraction of sp³-hybridized carbons (Fsp3) is 0.864. The van der Waals surface area contributed by atoms with E-state index in [-0.39, 0.29) is 24.0 Å². The summed E-state index contributed by atoms with van der Waals surface area (Å²) in [4.78, 5) is 9.75. The minimum absolute atomic E-state index is 0. The number of rotatable bonds is 12. The third kappa shape index (κ3) is 10.3. The van der Waals surface area contributed by atoms with Gasteiger partial charge in [0, 0.05) is 51.9 Å². The van der Waals surface area contributed by atoms with Gasteiger partial charge in [-0.05, 0) is 54.0 Å². The Kier molecular flexibility index (Phi) is 14.3. The van der Waals surface area contributed by atoms with Gasteiger partial charge in [0.2, 0.25) is 0 Å². The Labute approximate surface area is 211 Å². The Hall–Kier alpha value is -0.980. The van der Waals surface area contributed by atoms with E-state index >= 15 is 0 Å². The highest BCUT2D eigenvalue weighted by Gasteiger charge is 2.13. The summed E-state index contributed by atoms with van der Waals surface area (Å²) in [6.45, 7) is 19.2. The SMILES string of the molecule is Cc1nnc(CN=C(NCCCN2CCOCC2)NCCCN(C(C)C)C(C)C)n1C.I. The smallest absolute Gasteiger partial charge is 0.191 e. The van der Waals surface area contributed by atoms with Crippen LogP contribution in [-0.2, 0) is 18.3 Å². The number of hydrogen-bond donors (Lipinski definition) is 2. The van der Waals surface area contributed by atoms with E-state index in [2.05, 4.69) is 58.3 Å². The van der Waals surface area contributed by atoms with Crippen LogP contribution in [0.1, 0.15) is 52.2 Å². The number of halogens is 1. The van der Waals surface area contributed by atoms with Crippen molar-refractivity contribution in [3.63, 3.8) is 0 Å². The van der Waals surface area contributed by atoms with Crippen LogP contribution in [0.4, 0.5) is 0 Å². The van der Waals surface area contributed by atoms with Gasteiger partial charge in [0.05, 0.1) is 13.2 Å². The number of ether oxygens (including phenoxy) is 1. The third-order valence-corrected chi connectivity index (χ3v) is 5.82. The molecule has 2 rings (SSSR count). The molecule has 2 heterocycles. The van der Waals surface area contributed by atoms with Gasteiger partial charge in [-0.2, -0.15) is 0 Å². The minimum Gasteiger partial charge on any atom is -0.379 e. The third-order valence-electron chi connectivity index (χ3n) is 5.82. The van der Waals surface area contributed by atoms with E-state index in [1.807, 2.05) is 18.5 Å². The van der Waals surface area contributed by atoms with Gasteiger partial charge in [0.15, 0.2) is 11.8 Å². The highest BCUT2D eigenvalue weighted by atomic mass is 127. The van der Waals surface area contributed by atoms with Gasteiger partial charge in [-0.25, -0.2) is 4.99 Å². The molecular formula is C22H45IN8O. The van der Waals surface area contributed by atoms with Crippen LogP contribution in [-0.4, -0.2) is 95.1 Å². The van der Waals surface area contributed by atoms with Crippen molar-refractivity contribution in [2.45, 2.75) is 66.1 Å². The summed E-state index contributed by atoms with van der Waals surface area (Å²) in [5.41, 5.74) is 0. The molecule has 0 radical (unpaired) electrons. The summed E-state index contributed by atoms with van der Waals surface area (Å²) in [6.07, 6.45) is 2.16. The molecule has 0 amide bonds. The van der Waals surface area contributed by atoms with Crippen molar-refractivity contribution in [3.05, 3.63) is 11.6 Å². The van der Waals surface area contributed by atoms with E-state index in [1.165, 1.54) is 0 Å². The Morgan fingerprint density at radius 3 is 2.25 bits per heavy atom. The number of aliphatic imine (C=N–C) groups is 1. The van der Waals surface area contributed by atoms with E-state index in [9.17, 15) is 0 Å². The van der Waals surface area contributed by atoms with Crippen LogP contribution in [0, 0.1) is 6.92 Å². The first-order valence-corrected chi connectivity index (χ1v) is 11.8. The van der Waals surface area contributed by atoms with Gasteiger partial charge in [-0.1, -0.05) is 0 Å². The maximum absolute atomic E-state index is 5.43. The topological polar surface area (TPSA) is 82.8 Å². The van der Waals surface area contributed by atoms with E-state index in [0.717, 1.165) is 82.9 Å². The number of aromatic nitrogens is 3. The molecule has 186 valence electrons. The fourth-order valence-corrected chi connectivity index (χ4v) is 3.83. The van der Waals surface area contributed by atoms with Crippen molar-refractivity contribution < 1.29 is 4.74 Å². The molecule has 9 nitrogen and oxygen atoms in total. The van der Waals surface area contributed by atoms with Crippen LogP contribution < -0.4 is 10.6 Å². The number of guanidine groups is 1. The molecule has 0 spiro atoms. The second-order valence-electron chi connectivity index (χ2n) is 8.83. The molecule has 0 unspecified atom stereocenters. The molecule has 1 fully saturated rings. The Bertz CT molecular complexity index is 650. The van der Waals surface area contributed by atoms with E-state index in [1.54, 1.807) is 0 Å². The van der Waals surface area contributed by atoms with Crippen LogP contribution in [0.15, 0.2) is 4.99 Å². The monoisotopic (exact) mass is 564 g/mol. The van der Waals surface area contributed by atoms with Crippen LogP contribution >= 0.6 is 24.0 Å². The maximum atomic E-state index is 5.43. The Morgan fingerprint density at radius 2 is 1.69 bits per heavy atom. The molecule has 1 aromatic heterocycles. The lowest BCUT2D eigenvalue weighted by molar-refractivity contribution is 0.0376. The number of hydrogen-bond acceptors (Lipinski definition) is 6. The predicted molar refractivity (Wildman–Crippen MR) is 142 cm³/mol. The van der Waals surface area contributed by atoms with Gasteiger partial charge in [-0.3, -0.25) is 9.80 Å². The summed E-state index contributed by atoms with van der Waals surface area (Å²) in [7, 11) is 1.98. The maximum Gasteiger partial charge on any atom is 0.191 e. The molecule has 32 heavy (non-hydrogen) atoms. The summed E-state index contributed by atoms with van der Waals surface area (Å²) in [5.74, 6) is 2.63. The van der Waals surface area contributed by atoms with Gasteiger partial charge in [0.1, 0.15) is 12.4 Å². The summed E-state index contributed by atoms with van der Waals surface area (Å²) in [6, 6.07) is 1.12. The first-order chi connectivity index (χ1) is 14.9. The average molecular weight is 565 g/mol. The molecular weight excluding hydrogens is 519 g/mol. The standard InChI is InChI=1S/C22H44N8O.HI/c1-18(2)30(19(3)4)12-8-10-24-22(25-17-21-27-26-20(5)28(21)6)23-9-7-11-29-13-15-31-16-14-29;/h18-19H,7-17H2,1-6H3,(H2,23,24,25);1H. The minimum atomic E-state index is 0. The van der Waals surface area contributed by atoms with Crippen LogP contribution in [0.3, 0.4) is 0 Å². The van der Waals surface area contributed by atoms with Gasteiger partial charge in [-0.15, -0.1) is 34.2 Å². The molecule has 0 aromatic carbocycles. The second kappa shape index (κ2) is 15.8. The first kappa shape index (κ1) is 29.1. The molecule has 0 aliphatic carbocycles.